The minimum absolute atomic E-state index is 0.0159. The Bertz CT molecular complexity index is 1040. The number of aromatic hydroxyl groups is 1. The van der Waals surface area contributed by atoms with E-state index in [4.69, 9.17) is 4.42 Å². The third-order valence-electron chi connectivity index (χ3n) is 3.87. The maximum Gasteiger partial charge on any atom is 0.277 e. The zero-order valence-corrected chi connectivity index (χ0v) is 15.8. The fourth-order valence-electron chi connectivity index (χ4n) is 2.36. The lowest BCUT2D eigenvalue weighted by atomic mass is 10.2. The van der Waals surface area contributed by atoms with E-state index < -0.39 is 10.2 Å². The van der Waals surface area contributed by atoms with Crippen LogP contribution in [0.3, 0.4) is 0 Å². The predicted octanol–water partition coefficient (Wildman–Crippen LogP) is 3.78. The molecule has 0 radical (unpaired) electrons. The van der Waals surface area contributed by atoms with Crippen LogP contribution in [-0.2, 0) is 4.79 Å². The highest BCUT2D eigenvalue weighted by Gasteiger charge is 2.20. The van der Waals surface area contributed by atoms with E-state index >= 15 is 0 Å². The average Bonchev–Trinajstić information content (AvgIpc) is 3.11. The maximum atomic E-state index is 12.4. The number of aromatic nitrogens is 2. The molecule has 3 rings (SSSR count). The molecular weight excluding hydrogens is 384 g/mol. The summed E-state index contributed by atoms with van der Waals surface area (Å²) in [6, 6.07) is 10.8. The van der Waals surface area contributed by atoms with Crippen molar-refractivity contribution in [3.8, 4) is 17.2 Å². The standard InChI is InChI=1S/C18H16N4O5S/c1-10-9-12(22(25)26)7-8-14(10)19-16(24)11(2)28-18-21-20-17(27-18)13-5-3-4-6-15(13)23/h3-9,11,23H,1-2H3,(H,19,24). The molecule has 0 fully saturated rings. The van der Waals surface area contributed by atoms with Crippen LogP contribution in [0.1, 0.15) is 12.5 Å². The Balaban J connectivity index is 1.67. The number of carbonyl (C=O) groups is 1. The molecule has 2 N–H and O–H groups in total. The molecule has 2 aromatic carbocycles. The minimum atomic E-state index is -0.563. The van der Waals surface area contributed by atoms with Gasteiger partial charge in [-0.25, -0.2) is 0 Å². The number of nitro groups is 1. The summed E-state index contributed by atoms with van der Waals surface area (Å²) in [6.45, 7) is 3.35. The van der Waals surface area contributed by atoms with Crippen molar-refractivity contribution in [1.29, 1.82) is 0 Å². The van der Waals surface area contributed by atoms with Crippen LogP contribution in [0, 0.1) is 17.0 Å². The van der Waals surface area contributed by atoms with E-state index in [0.29, 0.717) is 16.8 Å². The molecular formula is C18H16N4O5S. The van der Waals surface area contributed by atoms with Crippen molar-refractivity contribution in [2.75, 3.05) is 5.32 Å². The molecule has 0 aliphatic carbocycles. The minimum Gasteiger partial charge on any atom is -0.507 e. The van der Waals surface area contributed by atoms with E-state index in [1.54, 1.807) is 32.0 Å². The molecule has 1 amide bonds. The molecule has 0 saturated heterocycles. The molecule has 9 nitrogen and oxygen atoms in total. The van der Waals surface area contributed by atoms with Gasteiger partial charge in [0, 0.05) is 17.8 Å². The number of nitro benzene ring substituents is 1. The quantitative estimate of drug-likeness (QED) is 0.363. The number of nitrogens with one attached hydrogen (secondary N) is 1. The van der Waals surface area contributed by atoms with E-state index in [1.807, 2.05) is 0 Å². The van der Waals surface area contributed by atoms with Crippen molar-refractivity contribution in [1.82, 2.24) is 10.2 Å². The molecule has 1 heterocycles. The van der Waals surface area contributed by atoms with E-state index in [0.717, 1.165) is 11.8 Å². The topological polar surface area (TPSA) is 131 Å². The number of hydrogen-bond donors (Lipinski definition) is 2. The van der Waals surface area contributed by atoms with Gasteiger partial charge in [-0.2, -0.15) is 0 Å². The first kappa shape index (κ1) is 19.4. The molecule has 0 saturated carbocycles. The van der Waals surface area contributed by atoms with Gasteiger partial charge in [0.1, 0.15) is 5.75 Å². The Kier molecular flexibility index (Phi) is 5.59. The SMILES string of the molecule is Cc1cc([N+](=O)[O-])ccc1NC(=O)C(C)Sc1nnc(-c2ccccc2O)o1. The Hall–Kier alpha value is -3.40. The van der Waals surface area contributed by atoms with Gasteiger partial charge >= 0.3 is 0 Å². The zero-order chi connectivity index (χ0) is 20.3. The van der Waals surface area contributed by atoms with Crippen LogP contribution >= 0.6 is 11.8 Å². The normalized spacial score (nSPS) is 11.8. The van der Waals surface area contributed by atoms with Crippen LogP contribution in [-0.4, -0.2) is 31.4 Å². The lowest BCUT2D eigenvalue weighted by Gasteiger charge is -2.11. The third-order valence-corrected chi connectivity index (χ3v) is 4.80. The molecule has 0 bridgehead atoms. The van der Waals surface area contributed by atoms with Crippen LogP contribution in [0.2, 0.25) is 0 Å². The predicted molar refractivity (Wildman–Crippen MR) is 103 cm³/mol. The summed E-state index contributed by atoms with van der Waals surface area (Å²) in [7, 11) is 0. The largest absolute Gasteiger partial charge is 0.507 e. The summed E-state index contributed by atoms with van der Waals surface area (Å²) >= 11 is 1.06. The fraction of sp³-hybridized carbons (Fsp3) is 0.167. The van der Waals surface area contributed by atoms with Gasteiger partial charge in [0.2, 0.25) is 5.91 Å². The number of phenols is 1. The van der Waals surface area contributed by atoms with Gasteiger partial charge in [-0.1, -0.05) is 23.9 Å². The summed E-state index contributed by atoms with van der Waals surface area (Å²) < 4.78 is 5.51. The smallest absolute Gasteiger partial charge is 0.277 e. The second-order valence-electron chi connectivity index (χ2n) is 5.90. The van der Waals surface area contributed by atoms with Crippen molar-refractivity contribution in [2.24, 2.45) is 0 Å². The maximum absolute atomic E-state index is 12.4. The van der Waals surface area contributed by atoms with Crippen molar-refractivity contribution in [3.63, 3.8) is 0 Å². The number of amides is 1. The molecule has 0 aliphatic rings. The Morgan fingerprint density at radius 2 is 2.04 bits per heavy atom. The molecule has 1 unspecified atom stereocenters. The lowest BCUT2D eigenvalue weighted by Crippen LogP contribution is -2.22. The molecule has 144 valence electrons. The van der Waals surface area contributed by atoms with Crippen LogP contribution < -0.4 is 5.32 Å². The molecule has 10 heteroatoms. The zero-order valence-electron chi connectivity index (χ0n) is 14.9. The number of anilines is 1. The van der Waals surface area contributed by atoms with Gasteiger partial charge in [-0.3, -0.25) is 14.9 Å². The van der Waals surface area contributed by atoms with Crippen molar-refractivity contribution >= 4 is 29.0 Å². The van der Waals surface area contributed by atoms with Crippen LogP contribution in [0.5, 0.6) is 5.75 Å². The molecule has 0 aliphatic heterocycles. The molecule has 3 aromatic rings. The number of non-ortho nitro benzene ring substituents is 1. The molecule has 0 spiro atoms. The number of thioether (sulfide) groups is 1. The number of para-hydroxylation sites is 1. The van der Waals surface area contributed by atoms with E-state index in [2.05, 4.69) is 15.5 Å². The number of benzene rings is 2. The highest BCUT2D eigenvalue weighted by Crippen LogP contribution is 2.31. The fourth-order valence-corrected chi connectivity index (χ4v) is 3.04. The van der Waals surface area contributed by atoms with Crippen LogP contribution in [0.4, 0.5) is 11.4 Å². The average molecular weight is 400 g/mol. The summed E-state index contributed by atoms with van der Waals surface area (Å²) in [6.07, 6.45) is 0. The lowest BCUT2D eigenvalue weighted by molar-refractivity contribution is -0.384. The van der Waals surface area contributed by atoms with Crippen LogP contribution in [0.15, 0.2) is 52.1 Å². The van der Waals surface area contributed by atoms with E-state index in [-0.39, 0.29) is 28.5 Å². The number of rotatable bonds is 6. The third kappa shape index (κ3) is 4.29. The number of hydrogen-bond acceptors (Lipinski definition) is 8. The Labute approximate surface area is 163 Å². The van der Waals surface area contributed by atoms with Crippen molar-refractivity contribution in [3.05, 3.63) is 58.1 Å². The number of phenolic OH excluding ortho intramolecular Hbond substituents is 1. The molecule has 28 heavy (non-hydrogen) atoms. The molecule has 1 aromatic heterocycles. The van der Waals surface area contributed by atoms with Crippen molar-refractivity contribution < 1.29 is 19.2 Å². The number of aryl methyl sites for hydroxylation is 1. The molecule has 1 atom stereocenters. The van der Waals surface area contributed by atoms with E-state index in [9.17, 15) is 20.0 Å². The number of carbonyl (C=O) groups excluding carboxylic acids is 1. The first-order valence-electron chi connectivity index (χ1n) is 8.19. The second-order valence-corrected chi connectivity index (χ2v) is 7.19. The van der Waals surface area contributed by atoms with Gasteiger partial charge in [0.05, 0.1) is 15.7 Å². The van der Waals surface area contributed by atoms with Gasteiger partial charge in [-0.05, 0) is 37.6 Å². The number of nitrogens with zero attached hydrogens (tertiary/aromatic N) is 3. The van der Waals surface area contributed by atoms with Gasteiger partial charge in [0.15, 0.2) is 0 Å². The van der Waals surface area contributed by atoms with Gasteiger partial charge in [-0.15, -0.1) is 10.2 Å². The highest BCUT2D eigenvalue weighted by atomic mass is 32.2. The summed E-state index contributed by atoms with van der Waals surface area (Å²) in [4.78, 5) is 22.7. The summed E-state index contributed by atoms with van der Waals surface area (Å²) in [5.74, 6) is -0.147. The van der Waals surface area contributed by atoms with E-state index in [1.165, 1.54) is 24.3 Å². The summed E-state index contributed by atoms with van der Waals surface area (Å²) in [5, 5.41) is 30.8. The van der Waals surface area contributed by atoms with Gasteiger partial charge < -0.3 is 14.8 Å². The summed E-state index contributed by atoms with van der Waals surface area (Å²) in [5.41, 5.74) is 1.43. The Morgan fingerprint density at radius 3 is 2.71 bits per heavy atom. The highest BCUT2D eigenvalue weighted by molar-refractivity contribution is 8.00. The monoisotopic (exact) mass is 400 g/mol. The Morgan fingerprint density at radius 1 is 1.29 bits per heavy atom. The van der Waals surface area contributed by atoms with Gasteiger partial charge in [0.25, 0.3) is 16.8 Å². The first-order chi connectivity index (χ1) is 13.3. The van der Waals surface area contributed by atoms with Crippen molar-refractivity contribution in [2.45, 2.75) is 24.3 Å². The second kappa shape index (κ2) is 8.09. The van der Waals surface area contributed by atoms with Crippen LogP contribution in [0.25, 0.3) is 11.5 Å². The first-order valence-corrected chi connectivity index (χ1v) is 9.07.